The second-order valence-corrected chi connectivity index (χ2v) is 8.70. The van der Waals surface area contributed by atoms with Gasteiger partial charge in [-0.15, -0.1) is 0 Å². The summed E-state index contributed by atoms with van der Waals surface area (Å²) in [5, 5.41) is 17.2. The highest BCUT2D eigenvalue weighted by molar-refractivity contribution is 6.21. The lowest BCUT2D eigenvalue weighted by Crippen LogP contribution is -2.90. The van der Waals surface area contributed by atoms with Gasteiger partial charge in [0.1, 0.15) is 11.3 Å². The summed E-state index contributed by atoms with van der Waals surface area (Å²) in [4.78, 5) is 34.4. The number of rotatable bonds is 6. The molecule has 0 radical (unpaired) electrons. The van der Waals surface area contributed by atoms with Crippen molar-refractivity contribution in [1.29, 1.82) is 0 Å². The van der Waals surface area contributed by atoms with Crippen LogP contribution in [0.1, 0.15) is 38.1 Å². The number of nitrogens with two attached hydrogens (primary N) is 2. The average Bonchev–Trinajstić information content (AvgIpc) is 3.18. The van der Waals surface area contributed by atoms with Crippen LogP contribution < -0.4 is 27.2 Å². The molecule has 1 amide bonds. The Morgan fingerprint density at radius 2 is 2.18 bits per heavy atom. The molecule has 1 aromatic rings. The Kier molecular flexibility index (Phi) is 6.62. The number of carbonyl (C=O) groups is 1. The van der Waals surface area contributed by atoms with Gasteiger partial charge in [-0.1, -0.05) is 0 Å². The van der Waals surface area contributed by atoms with Gasteiger partial charge in [-0.05, 0) is 31.4 Å². The third-order valence-corrected chi connectivity index (χ3v) is 6.18. The first-order chi connectivity index (χ1) is 16.2. The van der Waals surface area contributed by atoms with E-state index in [0.29, 0.717) is 25.1 Å². The molecule has 4 rings (SSSR count). The molecule has 12 heteroatoms. The Labute approximate surface area is 194 Å². The minimum atomic E-state index is -2.75. The molecule has 0 bridgehead atoms. The van der Waals surface area contributed by atoms with Crippen molar-refractivity contribution in [2.24, 2.45) is 15.7 Å². The van der Waals surface area contributed by atoms with Crippen LogP contribution in [-0.2, 0) is 4.79 Å². The molecule has 182 valence electrons. The predicted octanol–water partition coefficient (Wildman–Crippen LogP) is -0.243. The minimum Gasteiger partial charge on any atom is -0.404 e. The fourth-order valence-electron chi connectivity index (χ4n) is 4.31. The van der Waals surface area contributed by atoms with Crippen LogP contribution in [0.5, 0.6) is 0 Å². The Bertz CT molecular complexity index is 1150. The fourth-order valence-corrected chi connectivity index (χ4v) is 4.31. The molecule has 2 saturated carbocycles. The smallest absolute Gasteiger partial charge is 0.276 e. The molecule has 2 aliphatic carbocycles. The average molecular weight is 477 g/mol. The number of nitrogens with zero attached hydrogens (tertiary/aromatic N) is 3. The Hall–Kier alpha value is -3.38. The summed E-state index contributed by atoms with van der Waals surface area (Å²) in [6.07, 6.45) is 4.78. The standard InChI is InChI=1S/C22H27F2N7O3/c1-26-17-8-18(28-16-3-2-6-31(21(16)34)13-9-22(23,24)10-13)30-19(29-17)15(11-25)20(33)27-12-4-5-14(32)7-12/h2-3,6,8,11-14,32H,4-5,7,9-10,25H2,1H3,(H,27,33)(H2,26,28,29,30)/p+1. The van der Waals surface area contributed by atoms with E-state index in [0.717, 1.165) is 6.20 Å². The van der Waals surface area contributed by atoms with Crippen molar-refractivity contribution in [2.75, 3.05) is 7.05 Å². The Balaban J connectivity index is 1.59. The molecule has 0 aromatic carbocycles. The topological polar surface area (TPSA) is 151 Å². The molecule has 3 aliphatic rings. The summed E-state index contributed by atoms with van der Waals surface area (Å²) in [6.45, 7) is 0. The third-order valence-electron chi connectivity index (χ3n) is 6.18. The van der Waals surface area contributed by atoms with Gasteiger partial charge in [-0.25, -0.2) is 19.1 Å². The van der Waals surface area contributed by atoms with Gasteiger partial charge in [-0.2, -0.15) is 4.99 Å². The van der Waals surface area contributed by atoms with Crippen LogP contribution in [0.3, 0.4) is 0 Å². The lowest BCUT2D eigenvalue weighted by atomic mass is 9.88. The van der Waals surface area contributed by atoms with Crippen LogP contribution in [0, 0.1) is 0 Å². The van der Waals surface area contributed by atoms with Crippen LogP contribution in [0.4, 0.5) is 14.5 Å². The molecular weight excluding hydrogens is 448 g/mol. The van der Waals surface area contributed by atoms with E-state index in [1.165, 1.54) is 16.8 Å². The van der Waals surface area contributed by atoms with Gasteiger partial charge in [0.25, 0.3) is 17.4 Å². The normalized spacial score (nSPS) is 26.0. The number of hydrogen-bond acceptors (Lipinski definition) is 6. The lowest BCUT2D eigenvalue weighted by Gasteiger charge is -2.36. The number of amidine groups is 2. The van der Waals surface area contributed by atoms with Gasteiger partial charge < -0.3 is 26.0 Å². The fraction of sp³-hybridized carbons (Fsp3) is 0.455. The van der Waals surface area contributed by atoms with Gasteiger partial charge in [0.05, 0.1) is 12.2 Å². The van der Waals surface area contributed by atoms with Crippen molar-refractivity contribution in [3.63, 3.8) is 0 Å². The molecule has 2 atom stereocenters. The molecule has 1 aromatic heterocycles. The van der Waals surface area contributed by atoms with Crippen molar-refractivity contribution < 1.29 is 24.0 Å². The number of nitrogens with one attached hydrogen (secondary N) is 2. The summed E-state index contributed by atoms with van der Waals surface area (Å²) in [6, 6.07) is 2.33. The number of alkyl halides is 2. The highest BCUT2D eigenvalue weighted by atomic mass is 19.3. The SMILES string of the molecule is CNC1=CC(=Nc2cccn(C3CC(F)(F)C3)c2=O)N=C(C(=CN)C(=O)NC2CCC(O)C2)[NH2+]1. The van der Waals surface area contributed by atoms with Crippen LogP contribution >= 0.6 is 0 Å². The van der Waals surface area contributed by atoms with E-state index in [1.54, 1.807) is 24.5 Å². The van der Waals surface area contributed by atoms with Crippen molar-refractivity contribution in [3.05, 3.63) is 52.4 Å². The number of carbonyl (C=O) groups excluding carboxylic acids is 1. The molecule has 0 saturated heterocycles. The maximum absolute atomic E-state index is 13.3. The molecule has 10 nitrogen and oxygen atoms in total. The molecule has 7 N–H and O–H groups in total. The van der Waals surface area contributed by atoms with Crippen LogP contribution in [0.25, 0.3) is 0 Å². The first-order valence-corrected chi connectivity index (χ1v) is 11.1. The zero-order chi connectivity index (χ0) is 24.5. The van der Waals surface area contributed by atoms with Gasteiger partial charge in [-0.3, -0.25) is 9.59 Å². The molecule has 2 heterocycles. The third kappa shape index (κ3) is 5.07. The zero-order valence-electron chi connectivity index (χ0n) is 18.7. The van der Waals surface area contributed by atoms with E-state index in [-0.39, 0.29) is 41.8 Å². The van der Waals surface area contributed by atoms with Crippen molar-refractivity contribution in [1.82, 2.24) is 15.2 Å². The van der Waals surface area contributed by atoms with E-state index in [4.69, 9.17) is 5.73 Å². The van der Waals surface area contributed by atoms with Crippen LogP contribution in [-0.4, -0.2) is 52.4 Å². The molecular formula is C22H28F2N7O3+. The summed E-state index contributed by atoms with van der Waals surface area (Å²) in [5.41, 5.74) is 5.42. The molecule has 2 fully saturated rings. The van der Waals surface area contributed by atoms with Crippen molar-refractivity contribution in [2.45, 2.75) is 56.2 Å². The van der Waals surface area contributed by atoms with Crippen LogP contribution in [0.2, 0.25) is 0 Å². The summed E-state index contributed by atoms with van der Waals surface area (Å²) in [5.74, 6) is -2.20. The molecule has 0 spiro atoms. The number of aliphatic hydroxyl groups excluding tert-OH is 1. The molecule has 1 aliphatic heterocycles. The summed E-state index contributed by atoms with van der Waals surface area (Å²) in [7, 11) is 1.68. The number of quaternary nitrogens is 1. The highest BCUT2D eigenvalue weighted by Gasteiger charge is 2.46. The van der Waals surface area contributed by atoms with Crippen molar-refractivity contribution >= 4 is 23.3 Å². The maximum Gasteiger partial charge on any atom is 0.276 e. The number of halogens is 2. The molecule has 34 heavy (non-hydrogen) atoms. The van der Waals surface area contributed by atoms with Gasteiger partial charge in [0.15, 0.2) is 5.84 Å². The highest BCUT2D eigenvalue weighted by Crippen LogP contribution is 2.44. The van der Waals surface area contributed by atoms with E-state index in [9.17, 15) is 23.5 Å². The Morgan fingerprint density at radius 1 is 1.41 bits per heavy atom. The van der Waals surface area contributed by atoms with E-state index < -0.39 is 29.5 Å². The predicted molar refractivity (Wildman–Crippen MR) is 122 cm³/mol. The quantitative estimate of drug-likeness (QED) is 0.359. The first-order valence-electron chi connectivity index (χ1n) is 11.1. The van der Waals surface area contributed by atoms with E-state index in [2.05, 4.69) is 20.6 Å². The number of aliphatic imine (C=N–C) groups is 2. The largest absolute Gasteiger partial charge is 0.404 e. The van der Waals surface area contributed by atoms with Crippen molar-refractivity contribution in [3.8, 4) is 0 Å². The minimum absolute atomic E-state index is 0.0482. The Morgan fingerprint density at radius 3 is 2.79 bits per heavy atom. The van der Waals surface area contributed by atoms with Gasteiger partial charge in [0.2, 0.25) is 11.7 Å². The number of amides is 1. The number of aromatic nitrogens is 1. The number of hydrogen-bond donors (Lipinski definition) is 5. The monoisotopic (exact) mass is 476 g/mol. The first kappa shape index (κ1) is 23.8. The van der Waals surface area contributed by atoms with E-state index >= 15 is 0 Å². The summed E-state index contributed by atoms with van der Waals surface area (Å²) < 4.78 is 27.8. The maximum atomic E-state index is 13.3. The van der Waals surface area contributed by atoms with Gasteiger partial charge in [0, 0.05) is 44.4 Å². The van der Waals surface area contributed by atoms with E-state index in [1.807, 2.05) is 0 Å². The van der Waals surface area contributed by atoms with Gasteiger partial charge >= 0.3 is 0 Å². The van der Waals surface area contributed by atoms with Crippen LogP contribution in [0.15, 0.2) is 56.8 Å². The molecule has 2 unspecified atom stereocenters. The second-order valence-electron chi connectivity index (χ2n) is 8.70. The lowest BCUT2D eigenvalue weighted by molar-refractivity contribution is -0.489. The number of pyridine rings is 1. The second kappa shape index (κ2) is 9.47. The zero-order valence-corrected chi connectivity index (χ0v) is 18.7. The summed E-state index contributed by atoms with van der Waals surface area (Å²) >= 11 is 0. The number of aliphatic hydroxyl groups is 1.